The van der Waals surface area contributed by atoms with Gasteiger partial charge >= 0.3 is 0 Å². The highest BCUT2D eigenvalue weighted by Crippen LogP contribution is 2.34. The molecule has 2 saturated heterocycles. The number of aromatic nitrogens is 2. The van der Waals surface area contributed by atoms with Crippen LogP contribution in [0.15, 0.2) is 42.5 Å². The number of hydrogen-bond donors (Lipinski definition) is 1. The van der Waals surface area contributed by atoms with Crippen molar-refractivity contribution in [3.8, 4) is 5.69 Å². The van der Waals surface area contributed by atoms with Crippen LogP contribution in [0.25, 0.3) is 16.7 Å². The number of nitrogens with one attached hydrogen (secondary N) is 1. The standard InChI is InChI=1S/C23H24Cl2N4O2/c24-18-12-20-21(13-19(18)25)29(17-4-2-1-3-5-17)23(27-20)28-9-6-15(7-10-28)22(30)26-16-8-11-31-14-16/h1-5,12-13,15-16H,6-11,14H2,(H,26,30). The predicted molar refractivity (Wildman–Crippen MR) is 123 cm³/mol. The summed E-state index contributed by atoms with van der Waals surface area (Å²) >= 11 is 12.6. The highest BCUT2D eigenvalue weighted by Gasteiger charge is 2.30. The van der Waals surface area contributed by atoms with Gasteiger partial charge in [-0.25, -0.2) is 4.98 Å². The molecule has 0 saturated carbocycles. The van der Waals surface area contributed by atoms with Gasteiger partial charge in [-0.1, -0.05) is 41.4 Å². The zero-order valence-corrected chi connectivity index (χ0v) is 18.6. The summed E-state index contributed by atoms with van der Waals surface area (Å²) in [6, 6.07) is 13.9. The number of para-hydroxylation sites is 1. The number of carbonyl (C=O) groups is 1. The molecule has 0 spiro atoms. The van der Waals surface area contributed by atoms with Gasteiger partial charge in [0.1, 0.15) is 0 Å². The number of imidazole rings is 1. The number of ether oxygens (including phenoxy) is 1. The Kier molecular flexibility index (Phi) is 5.78. The van der Waals surface area contributed by atoms with Crippen LogP contribution in [-0.2, 0) is 9.53 Å². The van der Waals surface area contributed by atoms with E-state index < -0.39 is 0 Å². The van der Waals surface area contributed by atoms with Crippen LogP contribution >= 0.6 is 23.2 Å². The number of benzene rings is 2. The Bertz CT molecular complexity index is 1090. The van der Waals surface area contributed by atoms with Gasteiger partial charge in [-0.05, 0) is 43.5 Å². The van der Waals surface area contributed by atoms with Crippen LogP contribution in [0, 0.1) is 5.92 Å². The maximum atomic E-state index is 12.7. The lowest BCUT2D eigenvalue weighted by Crippen LogP contribution is -2.44. The first-order valence-corrected chi connectivity index (χ1v) is 11.4. The Morgan fingerprint density at radius 3 is 2.52 bits per heavy atom. The van der Waals surface area contributed by atoms with E-state index in [9.17, 15) is 4.79 Å². The summed E-state index contributed by atoms with van der Waals surface area (Å²) in [4.78, 5) is 19.8. The largest absolute Gasteiger partial charge is 0.379 e. The van der Waals surface area contributed by atoms with E-state index in [1.54, 1.807) is 0 Å². The van der Waals surface area contributed by atoms with Crippen molar-refractivity contribution < 1.29 is 9.53 Å². The first-order valence-electron chi connectivity index (χ1n) is 10.7. The molecule has 5 rings (SSSR count). The topological polar surface area (TPSA) is 59.4 Å². The van der Waals surface area contributed by atoms with Gasteiger partial charge in [-0.15, -0.1) is 0 Å². The molecule has 1 unspecified atom stereocenters. The monoisotopic (exact) mass is 458 g/mol. The van der Waals surface area contributed by atoms with Crippen molar-refractivity contribution >= 4 is 46.1 Å². The average Bonchev–Trinajstić information content (AvgIpc) is 3.42. The number of halogens is 2. The first kappa shape index (κ1) is 20.6. The van der Waals surface area contributed by atoms with Gasteiger partial charge in [0.05, 0.1) is 33.7 Å². The molecule has 2 aliphatic heterocycles. The normalized spacial score (nSPS) is 19.8. The summed E-state index contributed by atoms with van der Waals surface area (Å²) in [5, 5.41) is 4.14. The van der Waals surface area contributed by atoms with Crippen molar-refractivity contribution in [2.45, 2.75) is 25.3 Å². The minimum Gasteiger partial charge on any atom is -0.379 e. The lowest BCUT2D eigenvalue weighted by molar-refractivity contribution is -0.126. The molecule has 1 atom stereocenters. The quantitative estimate of drug-likeness (QED) is 0.626. The van der Waals surface area contributed by atoms with Crippen LogP contribution in [0.4, 0.5) is 5.95 Å². The van der Waals surface area contributed by atoms with Gasteiger partial charge < -0.3 is 15.0 Å². The Hall–Kier alpha value is -2.28. The fourth-order valence-corrected chi connectivity index (χ4v) is 4.73. The number of rotatable bonds is 4. The third-order valence-corrected chi connectivity index (χ3v) is 6.84. The Morgan fingerprint density at radius 2 is 1.81 bits per heavy atom. The van der Waals surface area contributed by atoms with Crippen molar-refractivity contribution in [3.05, 3.63) is 52.5 Å². The summed E-state index contributed by atoms with van der Waals surface area (Å²) in [6.07, 6.45) is 2.48. The highest BCUT2D eigenvalue weighted by molar-refractivity contribution is 6.42. The fraction of sp³-hybridized carbons (Fsp3) is 0.391. The summed E-state index contributed by atoms with van der Waals surface area (Å²) < 4.78 is 7.49. The van der Waals surface area contributed by atoms with Crippen molar-refractivity contribution in [1.82, 2.24) is 14.9 Å². The molecule has 0 radical (unpaired) electrons. The number of hydrogen-bond acceptors (Lipinski definition) is 4. The molecule has 0 aliphatic carbocycles. The molecule has 6 nitrogen and oxygen atoms in total. The van der Waals surface area contributed by atoms with E-state index in [4.69, 9.17) is 32.9 Å². The van der Waals surface area contributed by atoms with Crippen molar-refractivity contribution in [1.29, 1.82) is 0 Å². The Morgan fingerprint density at radius 1 is 1.06 bits per heavy atom. The second-order valence-corrected chi connectivity index (χ2v) is 8.98. The molecule has 2 aliphatic rings. The molecule has 0 bridgehead atoms. The Labute approximate surface area is 191 Å². The van der Waals surface area contributed by atoms with Crippen LogP contribution < -0.4 is 10.2 Å². The summed E-state index contributed by atoms with van der Waals surface area (Å²) in [5.41, 5.74) is 2.73. The van der Waals surface area contributed by atoms with Crippen LogP contribution in [-0.4, -0.2) is 47.8 Å². The third-order valence-electron chi connectivity index (χ3n) is 6.12. The number of carbonyl (C=O) groups excluding carboxylic acids is 1. The molecule has 1 amide bonds. The van der Waals surface area contributed by atoms with E-state index >= 15 is 0 Å². The van der Waals surface area contributed by atoms with E-state index in [0.29, 0.717) is 16.7 Å². The molecule has 2 fully saturated rings. The molecule has 3 aromatic rings. The van der Waals surface area contributed by atoms with Gasteiger partial charge in [0.2, 0.25) is 11.9 Å². The van der Waals surface area contributed by atoms with E-state index in [0.717, 1.165) is 61.6 Å². The van der Waals surface area contributed by atoms with E-state index in [1.807, 2.05) is 30.3 Å². The minimum absolute atomic E-state index is 0.0234. The zero-order chi connectivity index (χ0) is 21.4. The molecule has 3 heterocycles. The number of anilines is 1. The number of nitrogens with zero attached hydrogens (tertiary/aromatic N) is 3. The lowest BCUT2D eigenvalue weighted by atomic mass is 9.95. The molecular formula is C23H24Cl2N4O2. The molecule has 162 valence electrons. The summed E-state index contributed by atoms with van der Waals surface area (Å²) in [5.74, 6) is 1.02. The molecule has 1 aromatic heterocycles. The predicted octanol–water partition coefficient (Wildman–Crippen LogP) is 4.45. The van der Waals surface area contributed by atoms with Crippen LogP contribution in [0.1, 0.15) is 19.3 Å². The van der Waals surface area contributed by atoms with Gasteiger partial charge in [0.15, 0.2) is 0 Å². The van der Waals surface area contributed by atoms with Gasteiger partial charge in [0.25, 0.3) is 0 Å². The van der Waals surface area contributed by atoms with Crippen molar-refractivity contribution in [2.75, 3.05) is 31.2 Å². The molecule has 2 aromatic carbocycles. The maximum absolute atomic E-state index is 12.7. The van der Waals surface area contributed by atoms with Crippen molar-refractivity contribution in [3.63, 3.8) is 0 Å². The molecule has 1 N–H and O–H groups in total. The van der Waals surface area contributed by atoms with Crippen LogP contribution in [0.2, 0.25) is 10.0 Å². The van der Waals surface area contributed by atoms with Crippen LogP contribution in [0.5, 0.6) is 0 Å². The second kappa shape index (κ2) is 8.69. The highest BCUT2D eigenvalue weighted by atomic mass is 35.5. The summed E-state index contributed by atoms with van der Waals surface area (Å²) in [6.45, 7) is 2.87. The van der Waals surface area contributed by atoms with Gasteiger partial charge in [0, 0.05) is 31.3 Å². The summed E-state index contributed by atoms with van der Waals surface area (Å²) in [7, 11) is 0. The smallest absolute Gasteiger partial charge is 0.223 e. The van der Waals surface area contributed by atoms with Crippen molar-refractivity contribution in [2.24, 2.45) is 5.92 Å². The van der Waals surface area contributed by atoms with Crippen LogP contribution in [0.3, 0.4) is 0 Å². The lowest BCUT2D eigenvalue weighted by Gasteiger charge is -2.32. The fourth-order valence-electron chi connectivity index (χ4n) is 4.41. The molecule has 31 heavy (non-hydrogen) atoms. The molecular weight excluding hydrogens is 435 g/mol. The second-order valence-electron chi connectivity index (χ2n) is 8.17. The third kappa shape index (κ3) is 4.12. The van der Waals surface area contributed by atoms with Gasteiger partial charge in [-0.2, -0.15) is 0 Å². The molecule has 8 heteroatoms. The van der Waals surface area contributed by atoms with E-state index in [2.05, 4.69) is 26.9 Å². The number of piperidine rings is 1. The number of fused-ring (bicyclic) bond motifs is 1. The van der Waals surface area contributed by atoms with E-state index in [-0.39, 0.29) is 17.9 Å². The average molecular weight is 459 g/mol. The van der Waals surface area contributed by atoms with Gasteiger partial charge in [-0.3, -0.25) is 9.36 Å². The van der Waals surface area contributed by atoms with E-state index in [1.165, 1.54) is 0 Å². The first-order chi connectivity index (χ1) is 15.1. The zero-order valence-electron chi connectivity index (χ0n) is 17.1. The minimum atomic E-state index is 0.0234. The maximum Gasteiger partial charge on any atom is 0.223 e. The Balaban J connectivity index is 1.41. The number of amides is 1. The SMILES string of the molecule is O=C(NC1CCOC1)C1CCN(c2nc3cc(Cl)c(Cl)cc3n2-c2ccccc2)CC1.